The van der Waals surface area contributed by atoms with E-state index in [1.54, 1.807) is 12.1 Å². The predicted molar refractivity (Wildman–Crippen MR) is 161 cm³/mol. The summed E-state index contributed by atoms with van der Waals surface area (Å²) in [4.78, 5) is 35.8. The molecule has 1 aliphatic rings. The molecule has 13 heteroatoms. The maximum atomic E-state index is 13.7. The van der Waals surface area contributed by atoms with Crippen molar-refractivity contribution in [3.63, 3.8) is 0 Å². The van der Waals surface area contributed by atoms with E-state index >= 15 is 0 Å². The standard InChI is InChI=1S/C27H30Cl3N5O4S/c1-3-38-10-11-39-21-13-19(29)12-20(25(36)32-22-5-4-18(28)14-31-22)23(21)26(37)33-27-24(30)17(16-40-27)15-35-8-6-34(2)7-9-35/h4-5,12-14,16H,3,6-11,15H2,1-2H3,(H,33,37)(H,31,32,36). The number of pyridine rings is 1. The van der Waals surface area contributed by atoms with Gasteiger partial charge in [0.25, 0.3) is 11.8 Å². The molecule has 2 amide bonds. The smallest absolute Gasteiger partial charge is 0.260 e. The van der Waals surface area contributed by atoms with Crippen LogP contribution in [0.15, 0.2) is 35.8 Å². The normalized spacial score (nSPS) is 14.2. The van der Waals surface area contributed by atoms with Gasteiger partial charge in [-0.2, -0.15) is 0 Å². The molecule has 1 saturated heterocycles. The van der Waals surface area contributed by atoms with Crippen molar-refractivity contribution in [1.29, 1.82) is 0 Å². The summed E-state index contributed by atoms with van der Waals surface area (Å²) in [7, 11) is 2.11. The van der Waals surface area contributed by atoms with Gasteiger partial charge in [0.2, 0.25) is 0 Å². The molecule has 40 heavy (non-hydrogen) atoms. The second-order valence-electron chi connectivity index (χ2n) is 9.13. The van der Waals surface area contributed by atoms with Crippen LogP contribution in [0.25, 0.3) is 0 Å². The van der Waals surface area contributed by atoms with Crippen LogP contribution in [0.1, 0.15) is 33.2 Å². The SMILES string of the molecule is CCOCCOc1cc(Cl)cc(C(=O)Nc2ccc(Cl)cn2)c1C(=O)Nc1scc(CN2CCN(C)CC2)c1Cl. The molecule has 2 aromatic heterocycles. The van der Waals surface area contributed by atoms with Gasteiger partial charge in [-0.05, 0) is 49.2 Å². The minimum Gasteiger partial charge on any atom is -0.490 e. The van der Waals surface area contributed by atoms with Crippen LogP contribution >= 0.6 is 46.1 Å². The minimum atomic E-state index is -0.592. The number of benzene rings is 1. The number of nitrogens with one attached hydrogen (secondary N) is 2. The number of carbonyl (C=O) groups excluding carboxylic acids is 2. The maximum Gasteiger partial charge on any atom is 0.260 e. The van der Waals surface area contributed by atoms with Gasteiger partial charge in [0.15, 0.2) is 0 Å². The Morgan fingerprint density at radius 3 is 2.50 bits per heavy atom. The van der Waals surface area contributed by atoms with Crippen LogP contribution < -0.4 is 15.4 Å². The number of carbonyl (C=O) groups is 2. The molecule has 3 aromatic rings. The van der Waals surface area contributed by atoms with Crippen LogP contribution in [-0.2, 0) is 11.3 Å². The van der Waals surface area contributed by atoms with E-state index in [-0.39, 0.29) is 34.3 Å². The van der Waals surface area contributed by atoms with Gasteiger partial charge in [-0.25, -0.2) is 4.98 Å². The third kappa shape index (κ3) is 8.07. The lowest BCUT2D eigenvalue weighted by atomic mass is 10.0. The Morgan fingerprint density at radius 1 is 1.02 bits per heavy atom. The molecule has 214 valence electrons. The Bertz CT molecular complexity index is 1330. The van der Waals surface area contributed by atoms with Crippen molar-refractivity contribution in [2.75, 3.05) is 63.7 Å². The number of ether oxygens (including phenoxy) is 2. The number of thiophene rings is 1. The van der Waals surface area contributed by atoms with Gasteiger partial charge in [-0.3, -0.25) is 14.5 Å². The molecule has 4 rings (SSSR count). The van der Waals surface area contributed by atoms with Gasteiger partial charge in [0.05, 0.1) is 27.8 Å². The fourth-order valence-electron chi connectivity index (χ4n) is 4.08. The molecule has 3 heterocycles. The Morgan fingerprint density at radius 2 is 1.80 bits per heavy atom. The van der Waals surface area contributed by atoms with Crippen LogP contribution in [-0.4, -0.2) is 79.6 Å². The van der Waals surface area contributed by atoms with Gasteiger partial charge in [-0.15, -0.1) is 11.3 Å². The molecule has 9 nitrogen and oxygen atoms in total. The van der Waals surface area contributed by atoms with E-state index in [9.17, 15) is 9.59 Å². The zero-order chi connectivity index (χ0) is 28.6. The zero-order valence-corrected chi connectivity index (χ0v) is 25.2. The monoisotopic (exact) mass is 625 g/mol. The summed E-state index contributed by atoms with van der Waals surface area (Å²) in [5, 5.41) is 9.10. The van der Waals surface area contributed by atoms with Crippen molar-refractivity contribution in [2.45, 2.75) is 13.5 Å². The number of halogens is 3. The lowest BCUT2D eigenvalue weighted by Gasteiger charge is -2.32. The highest BCUT2D eigenvalue weighted by Gasteiger charge is 2.26. The summed E-state index contributed by atoms with van der Waals surface area (Å²) in [6, 6.07) is 6.05. The molecule has 0 spiro atoms. The molecule has 1 aliphatic heterocycles. The van der Waals surface area contributed by atoms with Crippen molar-refractivity contribution >= 4 is 68.8 Å². The number of rotatable bonds is 11. The fourth-order valence-corrected chi connectivity index (χ4v) is 5.60. The largest absolute Gasteiger partial charge is 0.490 e. The first kappa shape index (κ1) is 30.5. The summed E-state index contributed by atoms with van der Waals surface area (Å²) < 4.78 is 11.2. The lowest BCUT2D eigenvalue weighted by molar-refractivity contribution is 0.0973. The van der Waals surface area contributed by atoms with Gasteiger partial charge in [-0.1, -0.05) is 34.8 Å². The molecule has 0 bridgehead atoms. The molecule has 0 radical (unpaired) electrons. The first-order chi connectivity index (χ1) is 19.2. The average Bonchev–Trinajstić information content (AvgIpc) is 3.27. The van der Waals surface area contributed by atoms with Crippen LogP contribution in [0, 0.1) is 0 Å². The zero-order valence-electron chi connectivity index (χ0n) is 22.1. The Balaban J connectivity index is 1.59. The van der Waals surface area contributed by atoms with Crippen LogP contribution in [0.4, 0.5) is 10.8 Å². The van der Waals surface area contributed by atoms with E-state index in [0.717, 1.165) is 31.7 Å². The summed E-state index contributed by atoms with van der Waals surface area (Å²) in [5.74, 6) is -0.754. The van der Waals surface area contributed by atoms with Crippen LogP contribution in [0.2, 0.25) is 15.1 Å². The number of likely N-dealkylation sites (N-methyl/N-ethyl adjacent to an activating group) is 1. The summed E-state index contributed by atoms with van der Waals surface area (Å²) in [6.45, 7) is 7.39. The molecular formula is C27H30Cl3N5O4S. The van der Waals surface area contributed by atoms with E-state index in [2.05, 4.69) is 32.5 Å². The van der Waals surface area contributed by atoms with E-state index in [1.165, 1.54) is 29.7 Å². The number of piperazine rings is 1. The van der Waals surface area contributed by atoms with Crippen molar-refractivity contribution in [3.05, 3.63) is 67.6 Å². The third-order valence-electron chi connectivity index (χ3n) is 6.21. The maximum absolute atomic E-state index is 13.7. The quantitative estimate of drug-likeness (QED) is 0.261. The van der Waals surface area contributed by atoms with Crippen molar-refractivity contribution in [2.24, 2.45) is 0 Å². The second kappa shape index (κ2) is 14.5. The first-order valence-corrected chi connectivity index (χ1v) is 14.7. The average molecular weight is 627 g/mol. The van der Waals surface area contributed by atoms with Crippen LogP contribution in [0.5, 0.6) is 5.75 Å². The molecule has 0 unspecified atom stereocenters. The number of amides is 2. The van der Waals surface area contributed by atoms with Crippen molar-refractivity contribution < 1.29 is 19.1 Å². The number of hydrogen-bond acceptors (Lipinski definition) is 8. The minimum absolute atomic E-state index is 0.0115. The van der Waals surface area contributed by atoms with E-state index < -0.39 is 11.8 Å². The Kier molecular flexibility index (Phi) is 11.0. The first-order valence-electron chi connectivity index (χ1n) is 12.7. The predicted octanol–water partition coefficient (Wildman–Crippen LogP) is 5.77. The summed E-state index contributed by atoms with van der Waals surface area (Å²) in [5.41, 5.74) is 0.957. The number of nitrogens with zero attached hydrogens (tertiary/aromatic N) is 3. The molecule has 0 saturated carbocycles. The summed E-state index contributed by atoms with van der Waals surface area (Å²) in [6.07, 6.45) is 1.41. The number of aromatic nitrogens is 1. The van der Waals surface area contributed by atoms with Crippen LogP contribution in [0.3, 0.4) is 0 Å². The fraction of sp³-hybridized carbons (Fsp3) is 0.370. The van der Waals surface area contributed by atoms with E-state index in [4.69, 9.17) is 44.3 Å². The van der Waals surface area contributed by atoms with E-state index in [1.807, 2.05) is 12.3 Å². The molecule has 0 atom stereocenters. The lowest BCUT2D eigenvalue weighted by Crippen LogP contribution is -2.43. The van der Waals surface area contributed by atoms with Crippen molar-refractivity contribution in [1.82, 2.24) is 14.8 Å². The van der Waals surface area contributed by atoms with Gasteiger partial charge in [0.1, 0.15) is 23.2 Å². The van der Waals surface area contributed by atoms with Crippen molar-refractivity contribution in [3.8, 4) is 5.75 Å². The highest BCUT2D eigenvalue weighted by Crippen LogP contribution is 2.36. The highest BCUT2D eigenvalue weighted by molar-refractivity contribution is 7.15. The molecule has 0 aliphatic carbocycles. The molecular weight excluding hydrogens is 597 g/mol. The van der Waals surface area contributed by atoms with Gasteiger partial charge in [0, 0.05) is 50.6 Å². The Labute approximate surface area is 252 Å². The highest BCUT2D eigenvalue weighted by atomic mass is 35.5. The van der Waals surface area contributed by atoms with Gasteiger partial charge < -0.3 is 25.0 Å². The second-order valence-corrected chi connectivity index (χ2v) is 11.3. The molecule has 1 aromatic carbocycles. The summed E-state index contributed by atoms with van der Waals surface area (Å²) >= 11 is 20.3. The topological polar surface area (TPSA) is 96.0 Å². The molecule has 1 fully saturated rings. The number of anilines is 2. The van der Waals surface area contributed by atoms with Gasteiger partial charge >= 0.3 is 0 Å². The van der Waals surface area contributed by atoms with E-state index in [0.29, 0.717) is 34.8 Å². The Hall–Kier alpha value is -2.44. The molecule has 2 N–H and O–H groups in total. The third-order valence-corrected chi connectivity index (χ3v) is 8.14. The number of hydrogen-bond donors (Lipinski definition) is 2.